The molecule has 4 aromatic rings. The van der Waals surface area contributed by atoms with Gasteiger partial charge in [0.05, 0.1) is 5.69 Å². The van der Waals surface area contributed by atoms with Crippen molar-refractivity contribution in [1.29, 1.82) is 0 Å². The quantitative estimate of drug-likeness (QED) is 0.320. The van der Waals surface area contributed by atoms with Gasteiger partial charge < -0.3 is 9.47 Å². The molecule has 1 N–H and O–H groups in total. The molecule has 198 valence electrons. The number of anilines is 1. The topological polar surface area (TPSA) is 81.0 Å². The molecule has 3 heterocycles. The Morgan fingerprint density at radius 3 is 2.53 bits per heavy atom. The highest BCUT2D eigenvalue weighted by atomic mass is 16.6. The van der Waals surface area contributed by atoms with Crippen LogP contribution in [0, 0.1) is 0 Å². The summed E-state index contributed by atoms with van der Waals surface area (Å²) in [5.41, 5.74) is 3.77. The van der Waals surface area contributed by atoms with Gasteiger partial charge in [-0.2, -0.15) is 5.10 Å². The summed E-state index contributed by atoms with van der Waals surface area (Å²) in [5.74, 6) is 1.63. The van der Waals surface area contributed by atoms with E-state index in [1.165, 1.54) is 25.9 Å². The van der Waals surface area contributed by atoms with E-state index in [9.17, 15) is 4.79 Å². The molecule has 0 unspecified atom stereocenters. The Morgan fingerprint density at radius 1 is 1.00 bits per heavy atom. The Labute approximate surface area is 223 Å². The highest BCUT2D eigenvalue weighted by molar-refractivity contribution is 5.86. The Kier molecular flexibility index (Phi) is 7.60. The molecule has 0 spiro atoms. The number of carbonyl (C=O) groups excluding carboxylic acids is 1. The summed E-state index contributed by atoms with van der Waals surface area (Å²) in [6.45, 7) is 9.58. The van der Waals surface area contributed by atoms with E-state index in [4.69, 9.17) is 19.6 Å². The van der Waals surface area contributed by atoms with Crippen LogP contribution in [0.15, 0.2) is 66.7 Å². The average Bonchev–Trinajstić information content (AvgIpc) is 3.53. The summed E-state index contributed by atoms with van der Waals surface area (Å²) in [6, 6.07) is 21.7. The maximum atomic E-state index is 12.2. The summed E-state index contributed by atoms with van der Waals surface area (Å²) in [6.07, 6.45) is 2.73. The number of ether oxygens (including phenoxy) is 2. The van der Waals surface area contributed by atoms with Gasteiger partial charge in [-0.25, -0.2) is 14.3 Å². The second kappa shape index (κ2) is 11.2. The molecule has 38 heavy (non-hydrogen) atoms. The Bertz CT molecular complexity index is 1390. The molecule has 2 aromatic heterocycles. The van der Waals surface area contributed by atoms with Gasteiger partial charge in [0.25, 0.3) is 0 Å². The molecule has 1 amide bonds. The van der Waals surface area contributed by atoms with Crippen LogP contribution in [0.1, 0.15) is 45.0 Å². The molecular weight excluding hydrogens is 478 g/mol. The summed E-state index contributed by atoms with van der Waals surface area (Å²) in [7, 11) is 0. The highest BCUT2D eigenvalue weighted by Crippen LogP contribution is 2.24. The van der Waals surface area contributed by atoms with Gasteiger partial charge in [-0.15, -0.1) is 0 Å². The zero-order valence-corrected chi connectivity index (χ0v) is 22.3. The van der Waals surface area contributed by atoms with Crippen LogP contribution < -0.4 is 10.1 Å². The van der Waals surface area contributed by atoms with Gasteiger partial charge in [0.15, 0.2) is 11.5 Å². The number of likely N-dealkylation sites (tertiary alicyclic amines) is 1. The lowest BCUT2D eigenvalue weighted by molar-refractivity contribution is 0.0636. The summed E-state index contributed by atoms with van der Waals surface area (Å²) < 4.78 is 13.2. The van der Waals surface area contributed by atoms with E-state index in [2.05, 4.69) is 22.3 Å². The number of carbonyl (C=O) groups is 1. The first kappa shape index (κ1) is 25.7. The number of hydrogen-bond donors (Lipinski definition) is 1. The molecule has 1 aliphatic rings. The molecule has 0 atom stereocenters. The van der Waals surface area contributed by atoms with Gasteiger partial charge >= 0.3 is 6.09 Å². The third-order valence-corrected chi connectivity index (χ3v) is 6.37. The van der Waals surface area contributed by atoms with Crippen LogP contribution in [0.2, 0.25) is 0 Å². The molecule has 0 aliphatic carbocycles. The number of amides is 1. The lowest BCUT2D eigenvalue weighted by atomic mass is 10.1. The van der Waals surface area contributed by atoms with Crippen molar-refractivity contribution in [2.75, 3.05) is 31.6 Å². The van der Waals surface area contributed by atoms with Crippen molar-refractivity contribution in [3.63, 3.8) is 0 Å². The monoisotopic (exact) mass is 513 g/mol. The third kappa shape index (κ3) is 6.69. The maximum absolute atomic E-state index is 12.2. The smallest absolute Gasteiger partial charge is 0.412 e. The number of pyridine rings is 1. The van der Waals surface area contributed by atoms with Crippen molar-refractivity contribution in [2.45, 2.75) is 45.6 Å². The molecular formula is C30H35N5O3. The minimum Gasteiger partial charge on any atom is -0.492 e. The van der Waals surface area contributed by atoms with Crippen LogP contribution in [0.25, 0.3) is 16.9 Å². The van der Waals surface area contributed by atoms with Gasteiger partial charge in [0, 0.05) is 24.2 Å². The second-order valence-electron chi connectivity index (χ2n) is 10.6. The largest absolute Gasteiger partial charge is 0.492 e. The minimum absolute atomic E-state index is 0.487. The molecule has 0 bridgehead atoms. The van der Waals surface area contributed by atoms with Crippen LogP contribution in [0.4, 0.5) is 10.5 Å². The summed E-state index contributed by atoms with van der Waals surface area (Å²) in [4.78, 5) is 19.4. The Balaban J connectivity index is 1.26. The molecule has 2 aromatic carbocycles. The van der Waals surface area contributed by atoms with Crippen LogP contribution in [0.3, 0.4) is 0 Å². The van der Waals surface area contributed by atoms with Crippen LogP contribution in [0.5, 0.6) is 5.75 Å². The van der Waals surface area contributed by atoms with Gasteiger partial charge in [-0.05, 0) is 88.7 Å². The van der Waals surface area contributed by atoms with Crippen molar-refractivity contribution < 1.29 is 14.3 Å². The fourth-order valence-corrected chi connectivity index (χ4v) is 4.61. The number of hydrogen-bond acceptors (Lipinski definition) is 6. The van der Waals surface area contributed by atoms with E-state index in [0.29, 0.717) is 18.7 Å². The van der Waals surface area contributed by atoms with E-state index in [1.54, 1.807) is 0 Å². The van der Waals surface area contributed by atoms with Crippen LogP contribution in [-0.2, 0) is 11.2 Å². The first-order chi connectivity index (χ1) is 18.3. The predicted octanol–water partition coefficient (Wildman–Crippen LogP) is 5.81. The van der Waals surface area contributed by atoms with E-state index in [0.717, 1.165) is 40.6 Å². The van der Waals surface area contributed by atoms with Gasteiger partial charge in [0.1, 0.15) is 18.0 Å². The molecule has 1 fully saturated rings. The number of nitrogens with one attached hydrogen (secondary N) is 1. The molecule has 1 aliphatic heterocycles. The fraction of sp³-hybridized carbons (Fsp3) is 0.367. The van der Waals surface area contributed by atoms with Crippen molar-refractivity contribution in [3.8, 4) is 17.0 Å². The Hall–Kier alpha value is -3.91. The molecule has 1 saturated heterocycles. The number of aromatic nitrogens is 3. The van der Waals surface area contributed by atoms with E-state index >= 15 is 0 Å². The van der Waals surface area contributed by atoms with E-state index in [-0.39, 0.29) is 0 Å². The summed E-state index contributed by atoms with van der Waals surface area (Å²) >= 11 is 0. The fourth-order valence-electron chi connectivity index (χ4n) is 4.61. The van der Waals surface area contributed by atoms with Crippen LogP contribution in [-0.4, -0.2) is 57.4 Å². The van der Waals surface area contributed by atoms with Crippen LogP contribution >= 0.6 is 0 Å². The lowest BCUT2D eigenvalue weighted by Gasteiger charge is -2.19. The molecule has 0 radical (unpaired) electrons. The first-order valence-electron chi connectivity index (χ1n) is 13.2. The van der Waals surface area contributed by atoms with Crippen molar-refractivity contribution >= 4 is 17.4 Å². The standard InChI is InChI=1S/C30H35N5O3/c1-30(2,3)38-29(36)31-24-9-6-8-23(21-24)26-10-7-11-28-32-27(33-35(26)28)20-22-12-14-25(15-13-22)37-19-18-34-16-4-5-17-34/h6-15,21H,4-5,16-20H2,1-3H3,(H,31,36). The van der Waals surface area contributed by atoms with Crippen molar-refractivity contribution in [3.05, 3.63) is 78.1 Å². The molecule has 5 rings (SSSR count). The molecule has 0 saturated carbocycles. The summed E-state index contributed by atoms with van der Waals surface area (Å²) in [5, 5.41) is 7.60. The maximum Gasteiger partial charge on any atom is 0.412 e. The number of benzene rings is 2. The van der Waals surface area contributed by atoms with E-state index < -0.39 is 11.7 Å². The Morgan fingerprint density at radius 2 is 1.76 bits per heavy atom. The second-order valence-corrected chi connectivity index (χ2v) is 10.6. The third-order valence-electron chi connectivity index (χ3n) is 6.37. The lowest BCUT2D eigenvalue weighted by Crippen LogP contribution is -2.27. The number of nitrogens with zero attached hydrogens (tertiary/aromatic N) is 4. The minimum atomic E-state index is -0.564. The SMILES string of the molecule is CC(C)(C)OC(=O)Nc1cccc(-c2cccc3nc(Cc4ccc(OCCN5CCCC5)cc4)nn23)c1. The number of fused-ring (bicyclic) bond motifs is 1. The van der Waals surface area contributed by atoms with Gasteiger partial charge in [-0.1, -0.05) is 30.3 Å². The predicted molar refractivity (Wildman–Crippen MR) is 149 cm³/mol. The van der Waals surface area contributed by atoms with Crippen molar-refractivity contribution in [2.24, 2.45) is 0 Å². The zero-order chi connectivity index (χ0) is 26.5. The highest BCUT2D eigenvalue weighted by Gasteiger charge is 2.17. The number of rotatable bonds is 8. The van der Waals surface area contributed by atoms with Gasteiger partial charge in [0.2, 0.25) is 0 Å². The molecule has 8 nitrogen and oxygen atoms in total. The first-order valence-corrected chi connectivity index (χ1v) is 13.2. The normalized spacial score (nSPS) is 14.1. The molecule has 8 heteroatoms. The van der Waals surface area contributed by atoms with Crippen molar-refractivity contribution in [1.82, 2.24) is 19.5 Å². The zero-order valence-electron chi connectivity index (χ0n) is 22.3. The van der Waals surface area contributed by atoms with Gasteiger partial charge in [-0.3, -0.25) is 10.2 Å². The average molecular weight is 514 g/mol. The van der Waals surface area contributed by atoms with E-state index in [1.807, 2.05) is 79.9 Å².